The van der Waals surface area contributed by atoms with Crippen molar-refractivity contribution >= 4 is 0 Å². The summed E-state index contributed by atoms with van der Waals surface area (Å²) >= 11 is 0. The number of nitriles is 1. The molecule has 0 saturated carbocycles. The Morgan fingerprint density at radius 2 is 2.57 bits per heavy atom. The molecule has 0 bridgehead atoms. The van der Waals surface area contributed by atoms with Crippen LogP contribution in [0.25, 0.3) is 0 Å². The molecule has 1 rings (SSSR count). The molecular formula is C4H3N2O. The van der Waals surface area contributed by atoms with E-state index in [4.69, 9.17) is 5.26 Å². The molecule has 0 aromatic heterocycles. The summed E-state index contributed by atoms with van der Waals surface area (Å²) in [6.07, 6.45) is 4.83. The molecule has 3 heteroatoms. The van der Waals surface area contributed by atoms with Gasteiger partial charge in [-0.15, -0.1) is 5.06 Å². The van der Waals surface area contributed by atoms with Crippen molar-refractivity contribution in [3.05, 3.63) is 18.9 Å². The van der Waals surface area contributed by atoms with Crippen LogP contribution in [0.1, 0.15) is 0 Å². The van der Waals surface area contributed by atoms with Gasteiger partial charge in [0.2, 0.25) is 6.19 Å². The van der Waals surface area contributed by atoms with Crippen LogP contribution < -0.4 is 0 Å². The lowest BCUT2D eigenvalue weighted by atomic mass is 10.6. The second-order valence-electron chi connectivity index (χ2n) is 1.01. The Kier molecular flexibility index (Phi) is 0.868. The number of rotatable bonds is 0. The van der Waals surface area contributed by atoms with E-state index in [9.17, 15) is 0 Å². The van der Waals surface area contributed by atoms with E-state index in [2.05, 4.69) is 4.84 Å². The average Bonchev–Trinajstić information content (AvgIpc) is 2.14. The summed E-state index contributed by atoms with van der Waals surface area (Å²) in [7, 11) is 0. The summed E-state index contributed by atoms with van der Waals surface area (Å²) in [5, 5.41) is 9.10. The van der Waals surface area contributed by atoms with Crippen LogP contribution in [0.3, 0.4) is 0 Å². The van der Waals surface area contributed by atoms with Crippen LogP contribution in [0.4, 0.5) is 0 Å². The standard InChI is InChI=1S/C4H3N2O/c5-4-6-2-1-3-7-6/h1-3H. The zero-order chi connectivity index (χ0) is 5.11. The molecule has 0 unspecified atom stereocenters. The molecule has 0 atom stereocenters. The predicted octanol–water partition coefficient (Wildman–Crippen LogP) is 0.390. The quantitative estimate of drug-likeness (QED) is 0.408. The predicted molar refractivity (Wildman–Crippen MR) is 22.0 cm³/mol. The topological polar surface area (TPSA) is 36.3 Å². The van der Waals surface area contributed by atoms with Crippen molar-refractivity contribution in [3.63, 3.8) is 0 Å². The van der Waals surface area contributed by atoms with Crippen LogP contribution in [0.2, 0.25) is 0 Å². The lowest BCUT2D eigenvalue weighted by Gasteiger charge is -2.00. The number of hydrogen-bond donors (Lipinski definition) is 0. The molecule has 0 spiro atoms. The summed E-state index contributed by atoms with van der Waals surface area (Å²) in [5.41, 5.74) is 0. The molecule has 0 aromatic carbocycles. The molecule has 35 valence electrons. The van der Waals surface area contributed by atoms with Crippen LogP contribution in [-0.2, 0) is 4.84 Å². The Labute approximate surface area is 41.4 Å². The van der Waals surface area contributed by atoms with Crippen molar-refractivity contribution in [1.82, 2.24) is 5.06 Å². The first-order chi connectivity index (χ1) is 3.43. The second-order valence-corrected chi connectivity index (χ2v) is 1.01. The van der Waals surface area contributed by atoms with Gasteiger partial charge in [-0.05, 0) is 6.08 Å². The van der Waals surface area contributed by atoms with E-state index in [0.29, 0.717) is 0 Å². The van der Waals surface area contributed by atoms with Crippen LogP contribution in [0.15, 0.2) is 12.3 Å². The van der Waals surface area contributed by atoms with Crippen LogP contribution in [0.5, 0.6) is 0 Å². The monoisotopic (exact) mass is 95.0 g/mol. The molecule has 1 heterocycles. The first-order valence-corrected chi connectivity index (χ1v) is 1.79. The normalized spacial score (nSPS) is 16.1. The fourth-order valence-corrected chi connectivity index (χ4v) is 0.306. The second kappa shape index (κ2) is 1.52. The summed E-state index contributed by atoms with van der Waals surface area (Å²) in [6.45, 7) is 1.53. The molecule has 1 aliphatic heterocycles. The highest BCUT2D eigenvalue weighted by molar-refractivity contribution is 4.97. The van der Waals surface area contributed by atoms with E-state index in [1.165, 1.54) is 12.8 Å². The largest absolute Gasteiger partial charge is 0.378 e. The Hall–Kier alpha value is -1.17. The van der Waals surface area contributed by atoms with Crippen molar-refractivity contribution < 1.29 is 4.84 Å². The fourth-order valence-electron chi connectivity index (χ4n) is 0.306. The van der Waals surface area contributed by atoms with Gasteiger partial charge in [0.05, 0.1) is 0 Å². The fraction of sp³-hybridized carbons (Fsp3) is 0. The molecule has 0 amide bonds. The number of hydroxylamine groups is 2. The minimum Gasteiger partial charge on any atom is -0.378 e. The average molecular weight is 95.1 g/mol. The molecular weight excluding hydrogens is 92.1 g/mol. The molecule has 0 aliphatic carbocycles. The van der Waals surface area contributed by atoms with Crippen molar-refractivity contribution in [2.45, 2.75) is 0 Å². The van der Waals surface area contributed by atoms with Gasteiger partial charge in [0.15, 0.2) is 0 Å². The summed E-state index contributed by atoms with van der Waals surface area (Å²) in [4.78, 5) is 4.54. The minimum atomic E-state index is 1.06. The van der Waals surface area contributed by atoms with E-state index in [1.54, 1.807) is 12.3 Å². The third kappa shape index (κ3) is 0.631. The van der Waals surface area contributed by atoms with Crippen molar-refractivity contribution in [3.8, 4) is 6.19 Å². The van der Waals surface area contributed by atoms with Gasteiger partial charge in [-0.1, -0.05) is 0 Å². The summed E-state index contributed by atoms with van der Waals surface area (Å²) in [6, 6.07) is 0. The van der Waals surface area contributed by atoms with Gasteiger partial charge in [0.25, 0.3) is 0 Å². The molecule has 7 heavy (non-hydrogen) atoms. The van der Waals surface area contributed by atoms with E-state index in [0.717, 1.165) is 5.06 Å². The SMILES string of the molecule is N#CN1[CH]C=CO1. The van der Waals surface area contributed by atoms with Crippen molar-refractivity contribution in [2.24, 2.45) is 0 Å². The van der Waals surface area contributed by atoms with Crippen LogP contribution >= 0.6 is 0 Å². The zero-order valence-electron chi connectivity index (χ0n) is 3.53. The van der Waals surface area contributed by atoms with Crippen LogP contribution in [0, 0.1) is 18.0 Å². The minimum absolute atomic E-state index is 1.06. The lowest BCUT2D eigenvalue weighted by molar-refractivity contribution is 0.00396. The van der Waals surface area contributed by atoms with Crippen molar-refractivity contribution in [2.75, 3.05) is 0 Å². The maximum Gasteiger partial charge on any atom is 0.216 e. The molecule has 0 fully saturated rings. The van der Waals surface area contributed by atoms with Gasteiger partial charge in [0, 0.05) is 0 Å². The third-order valence-electron chi connectivity index (χ3n) is 0.573. The Morgan fingerprint density at radius 3 is 2.86 bits per heavy atom. The van der Waals surface area contributed by atoms with Gasteiger partial charge in [-0.3, -0.25) is 0 Å². The molecule has 0 saturated heterocycles. The molecule has 0 N–H and O–H groups in total. The molecule has 3 nitrogen and oxygen atoms in total. The highest BCUT2D eigenvalue weighted by atomic mass is 16.7. The maximum absolute atomic E-state index is 8.05. The van der Waals surface area contributed by atoms with Gasteiger partial charge >= 0.3 is 0 Å². The van der Waals surface area contributed by atoms with E-state index < -0.39 is 0 Å². The molecule has 1 aliphatic rings. The molecule has 0 aromatic rings. The Balaban J connectivity index is 2.39. The van der Waals surface area contributed by atoms with Crippen molar-refractivity contribution in [1.29, 1.82) is 5.26 Å². The first-order valence-electron chi connectivity index (χ1n) is 1.79. The number of nitrogens with zero attached hydrogens (tertiary/aromatic N) is 2. The summed E-state index contributed by atoms with van der Waals surface area (Å²) in [5.74, 6) is 0. The van der Waals surface area contributed by atoms with Crippen LogP contribution in [-0.4, -0.2) is 5.06 Å². The zero-order valence-corrected chi connectivity index (χ0v) is 3.53. The lowest BCUT2D eigenvalue weighted by Crippen LogP contribution is -2.03. The molecule has 1 radical (unpaired) electrons. The van der Waals surface area contributed by atoms with Gasteiger partial charge < -0.3 is 4.84 Å². The van der Waals surface area contributed by atoms with Gasteiger partial charge in [-0.25, -0.2) is 0 Å². The maximum atomic E-state index is 8.05. The summed E-state index contributed by atoms with van der Waals surface area (Å²) < 4.78 is 0. The van der Waals surface area contributed by atoms with E-state index in [1.807, 2.05) is 0 Å². The highest BCUT2D eigenvalue weighted by Gasteiger charge is 2.01. The van der Waals surface area contributed by atoms with E-state index in [-0.39, 0.29) is 0 Å². The highest BCUT2D eigenvalue weighted by Crippen LogP contribution is 2.01. The van der Waals surface area contributed by atoms with Gasteiger partial charge in [-0.2, -0.15) is 5.26 Å². The van der Waals surface area contributed by atoms with Gasteiger partial charge in [0.1, 0.15) is 12.8 Å². The first kappa shape index (κ1) is 4.00. The third-order valence-corrected chi connectivity index (χ3v) is 0.573. The Bertz CT molecular complexity index is 116. The smallest absolute Gasteiger partial charge is 0.216 e. The number of hydrogen-bond acceptors (Lipinski definition) is 3. The Morgan fingerprint density at radius 1 is 1.71 bits per heavy atom. The van der Waals surface area contributed by atoms with E-state index >= 15 is 0 Å².